The van der Waals surface area contributed by atoms with Crippen LogP contribution in [0.4, 0.5) is 0 Å². The van der Waals surface area contributed by atoms with Crippen LogP contribution in [0.1, 0.15) is 37.4 Å². The van der Waals surface area contributed by atoms with Crippen LogP contribution >= 0.6 is 0 Å². The number of likely N-dealkylation sites (N-methyl/N-ethyl adjacent to an activating group) is 1. The molecule has 0 aromatic heterocycles. The fourth-order valence-electron chi connectivity index (χ4n) is 2.24. The number of rotatable bonds is 6. The lowest BCUT2D eigenvalue weighted by molar-refractivity contribution is 0.184. The van der Waals surface area contributed by atoms with E-state index in [4.69, 9.17) is 10.5 Å². The van der Waals surface area contributed by atoms with Gasteiger partial charge < -0.3 is 10.5 Å². The number of aryl methyl sites for hydroxylation is 1. The molecule has 1 aromatic rings. The molecule has 0 bridgehead atoms. The van der Waals surface area contributed by atoms with Gasteiger partial charge in [0.1, 0.15) is 5.75 Å². The number of benzene rings is 1. The molecule has 0 spiro atoms. The summed E-state index contributed by atoms with van der Waals surface area (Å²) in [6.07, 6.45) is 1.13. The Bertz CT molecular complexity index is 379. The van der Waals surface area contributed by atoms with Crippen LogP contribution in [0.3, 0.4) is 0 Å². The highest BCUT2D eigenvalue weighted by atomic mass is 16.5. The molecule has 18 heavy (non-hydrogen) atoms. The summed E-state index contributed by atoms with van der Waals surface area (Å²) < 4.78 is 5.30. The molecule has 0 aliphatic heterocycles. The molecular formula is C15H26N2O. The number of nitrogens with zero attached hydrogens (tertiary/aromatic N) is 1. The molecule has 0 amide bonds. The molecule has 0 aliphatic carbocycles. The molecule has 1 aromatic carbocycles. The molecule has 3 nitrogen and oxygen atoms in total. The van der Waals surface area contributed by atoms with E-state index < -0.39 is 0 Å². The maximum atomic E-state index is 5.95. The van der Waals surface area contributed by atoms with Crippen molar-refractivity contribution in [2.24, 2.45) is 5.73 Å². The molecule has 2 N–H and O–H groups in total. The molecule has 102 valence electrons. The van der Waals surface area contributed by atoms with Crippen LogP contribution in [0.15, 0.2) is 18.2 Å². The number of ether oxygens (including phenoxy) is 1. The van der Waals surface area contributed by atoms with E-state index in [2.05, 4.69) is 44.9 Å². The van der Waals surface area contributed by atoms with Gasteiger partial charge in [0, 0.05) is 18.6 Å². The van der Waals surface area contributed by atoms with Crippen LogP contribution in [0.2, 0.25) is 0 Å². The predicted molar refractivity (Wildman–Crippen MR) is 77.0 cm³/mol. The molecule has 0 saturated heterocycles. The van der Waals surface area contributed by atoms with Gasteiger partial charge in [-0.05, 0) is 44.5 Å². The second kappa shape index (κ2) is 6.76. The Balaban J connectivity index is 2.98. The number of nitrogens with two attached hydrogens (primary N) is 1. The van der Waals surface area contributed by atoms with Crippen LogP contribution in [-0.4, -0.2) is 31.6 Å². The average molecular weight is 250 g/mol. The third-order valence-electron chi connectivity index (χ3n) is 3.80. The summed E-state index contributed by atoms with van der Waals surface area (Å²) in [5.74, 6) is 0.931. The zero-order chi connectivity index (χ0) is 13.7. The number of hydrogen-bond donors (Lipinski definition) is 1. The van der Waals surface area contributed by atoms with Crippen molar-refractivity contribution in [1.82, 2.24) is 4.90 Å². The maximum absolute atomic E-state index is 5.95. The Morgan fingerprint density at radius 3 is 2.50 bits per heavy atom. The molecule has 0 aliphatic rings. The standard InChI is InChI=1S/C15H26N2O/c1-6-12(3)17(4)14(10-16)13-7-8-15(18-5)11(2)9-13/h7-9,12,14H,6,10,16H2,1-5H3. The van der Waals surface area contributed by atoms with Crippen molar-refractivity contribution in [1.29, 1.82) is 0 Å². The lowest BCUT2D eigenvalue weighted by atomic mass is 10.0. The van der Waals surface area contributed by atoms with E-state index in [1.54, 1.807) is 7.11 Å². The molecule has 0 radical (unpaired) electrons. The van der Waals surface area contributed by atoms with E-state index in [-0.39, 0.29) is 6.04 Å². The minimum atomic E-state index is 0.268. The summed E-state index contributed by atoms with van der Waals surface area (Å²) in [6, 6.07) is 7.11. The topological polar surface area (TPSA) is 38.5 Å². The summed E-state index contributed by atoms with van der Waals surface area (Å²) in [6.45, 7) is 7.14. The zero-order valence-corrected chi connectivity index (χ0v) is 12.2. The van der Waals surface area contributed by atoms with Crippen molar-refractivity contribution >= 4 is 0 Å². The molecule has 0 heterocycles. The van der Waals surface area contributed by atoms with Gasteiger partial charge in [0.05, 0.1) is 7.11 Å². The van der Waals surface area contributed by atoms with E-state index >= 15 is 0 Å². The van der Waals surface area contributed by atoms with Crippen molar-refractivity contribution < 1.29 is 4.74 Å². The van der Waals surface area contributed by atoms with Crippen LogP contribution < -0.4 is 10.5 Å². The van der Waals surface area contributed by atoms with Gasteiger partial charge in [-0.15, -0.1) is 0 Å². The van der Waals surface area contributed by atoms with Gasteiger partial charge in [-0.25, -0.2) is 0 Å². The smallest absolute Gasteiger partial charge is 0.121 e. The van der Waals surface area contributed by atoms with Crippen molar-refractivity contribution in [3.8, 4) is 5.75 Å². The molecule has 2 unspecified atom stereocenters. The Hall–Kier alpha value is -1.06. The van der Waals surface area contributed by atoms with Crippen LogP contribution in [0.5, 0.6) is 5.75 Å². The Labute approximate surface area is 111 Å². The second-order valence-electron chi connectivity index (χ2n) is 4.90. The zero-order valence-electron chi connectivity index (χ0n) is 12.2. The third kappa shape index (κ3) is 3.24. The van der Waals surface area contributed by atoms with Gasteiger partial charge in [-0.3, -0.25) is 4.90 Å². The molecule has 0 fully saturated rings. The maximum Gasteiger partial charge on any atom is 0.121 e. The van der Waals surface area contributed by atoms with E-state index in [9.17, 15) is 0 Å². The second-order valence-corrected chi connectivity index (χ2v) is 4.90. The van der Waals surface area contributed by atoms with E-state index in [1.165, 1.54) is 5.56 Å². The van der Waals surface area contributed by atoms with E-state index in [0.717, 1.165) is 17.7 Å². The fourth-order valence-corrected chi connectivity index (χ4v) is 2.24. The van der Waals surface area contributed by atoms with Crippen molar-refractivity contribution in [2.45, 2.75) is 39.3 Å². The van der Waals surface area contributed by atoms with Gasteiger partial charge >= 0.3 is 0 Å². The first-order valence-corrected chi connectivity index (χ1v) is 6.61. The summed E-state index contributed by atoms with van der Waals surface area (Å²) in [4.78, 5) is 2.35. The minimum absolute atomic E-state index is 0.268. The first-order valence-electron chi connectivity index (χ1n) is 6.61. The van der Waals surface area contributed by atoms with Crippen LogP contribution in [0, 0.1) is 6.92 Å². The Kier molecular flexibility index (Phi) is 5.63. The lowest BCUT2D eigenvalue weighted by Gasteiger charge is -2.32. The van der Waals surface area contributed by atoms with Gasteiger partial charge in [0.15, 0.2) is 0 Å². The summed E-state index contributed by atoms with van der Waals surface area (Å²) in [5, 5.41) is 0. The van der Waals surface area contributed by atoms with Crippen molar-refractivity contribution in [2.75, 3.05) is 20.7 Å². The van der Waals surface area contributed by atoms with Gasteiger partial charge in [0.25, 0.3) is 0 Å². The van der Waals surface area contributed by atoms with Crippen LogP contribution in [-0.2, 0) is 0 Å². The molecule has 0 saturated carbocycles. The highest BCUT2D eigenvalue weighted by Crippen LogP contribution is 2.26. The predicted octanol–water partition coefficient (Wildman–Crippen LogP) is 2.73. The van der Waals surface area contributed by atoms with Gasteiger partial charge in [0.2, 0.25) is 0 Å². The highest BCUT2D eigenvalue weighted by Gasteiger charge is 2.19. The fraction of sp³-hybridized carbons (Fsp3) is 0.600. The van der Waals surface area contributed by atoms with Gasteiger partial charge in [-0.2, -0.15) is 0 Å². The number of methoxy groups -OCH3 is 1. The average Bonchev–Trinajstić information content (AvgIpc) is 2.38. The van der Waals surface area contributed by atoms with E-state index in [1.807, 2.05) is 6.07 Å². The highest BCUT2D eigenvalue weighted by molar-refractivity contribution is 5.37. The first kappa shape index (κ1) is 15.0. The summed E-state index contributed by atoms with van der Waals surface area (Å²) in [5.41, 5.74) is 8.37. The molecule has 3 heteroatoms. The molecular weight excluding hydrogens is 224 g/mol. The SMILES string of the molecule is CCC(C)N(C)C(CN)c1ccc(OC)c(C)c1. The number of hydrogen-bond acceptors (Lipinski definition) is 3. The molecule has 2 atom stereocenters. The first-order chi connectivity index (χ1) is 8.54. The van der Waals surface area contributed by atoms with Crippen molar-refractivity contribution in [3.63, 3.8) is 0 Å². The summed E-state index contributed by atoms with van der Waals surface area (Å²) in [7, 11) is 3.85. The van der Waals surface area contributed by atoms with Crippen LogP contribution in [0.25, 0.3) is 0 Å². The third-order valence-corrected chi connectivity index (χ3v) is 3.80. The quantitative estimate of drug-likeness (QED) is 0.843. The normalized spacial score (nSPS) is 14.6. The van der Waals surface area contributed by atoms with E-state index in [0.29, 0.717) is 12.6 Å². The monoisotopic (exact) mass is 250 g/mol. The Morgan fingerprint density at radius 2 is 2.06 bits per heavy atom. The Morgan fingerprint density at radius 1 is 1.39 bits per heavy atom. The lowest BCUT2D eigenvalue weighted by Crippen LogP contribution is -2.36. The molecule has 1 rings (SSSR count). The van der Waals surface area contributed by atoms with Gasteiger partial charge in [-0.1, -0.05) is 19.1 Å². The van der Waals surface area contributed by atoms with Crippen molar-refractivity contribution in [3.05, 3.63) is 29.3 Å². The minimum Gasteiger partial charge on any atom is -0.496 e. The summed E-state index contributed by atoms with van der Waals surface area (Å²) >= 11 is 0. The largest absolute Gasteiger partial charge is 0.496 e.